The number of rotatable bonds is 6. The quantitative estimate of drug-likeness (QED) is 0.617. The van der Waals surface area contributed by atoms with Gasteiger partial charge >= 0.3 is 6.03 Å². The fourth-order valence-electron chi connectivity index (χ4n) is 3.34. The zero-order chi connectivity index (χ0) is 20.4. The van der Waals surface area contributed by atoms with E-state index in [1.165, 1.54) is 0 Å². The summed E-state index contributed by atoms with van der Waals surface area (Å²) in [6, 6.07) is 13.0. The lowest BCUT2D eigenvalue weighted by atomic mass is 10.1. The number of fused-ring (bicyclic) bond motifs is 1. The Labute approximate surface area is 166 Å². The van der Waals surface area contributed by atoms with E-state index >= 15 is 0 Å². The number of nitrogens with one attached hydrogen (secondary N) is 2. The molecule has 0 unspecified atom stereocenters. The molecule has 1 fully saturated rings. The molecular weight excluding hydrogens is 372 g/mol. The van der Waals surface area contributed by atoms with Crippen molar-refractivity contribution in [3.05, 3.63) is 66.1 Å². The largest absolute Gasteiger partial charge is 0.346 e. The molecule has 2 aromatic heterocycles. The third-order valence-corrected chi connectivity index (χ3v) is 4.78. The van der Waals surface area contributed by atoms with Crippen LogP contribution in [-0.4, -0.2) is 43.4 Å². The molecule has 29 heavy (non-hydrogen) atoms. The number of urea groups is 1. The van der Waals surface area contributed by atoms with Gasteiger partial charge in [-0.2, -0.15) is 0 Å². The average Bonchev–Trinajstić information content (AvgIpc) is 3.25. The maximum atomic E-state index is 12.6. The summed E-state index contributed by atoms with van der Waals surface area (Å²) in [7, 11) is 0. The van der Waals surface area contributed by atoms with E-state index in [0.29, 0.717) is 11.5 Å². The molecule has 0 bridgehead atoms. The average molecular weight is 392 g/mol. The zero-order valence-electron chi connectivity index (χ0n) is 15.8. The van der Waals surface area contributed by atoms with Crippen molar-refractivity contribution in [3.63, 3.8) is 0 Å². The third-order valence-electron chi connectivity index (χ3n) is 4.78. The van der Waals surface area contributed by atoms with Gasteiger partial charge in [0.1, 0.15) is 6.04 Å². The Morgan fingerprint density at radius 1 is 1.14 bits per heavy atom. The zero-order valence-corrected chi connectivity index (χ0v) is 15.8. The van der Waals surface area contributed by atoms with E-state index in [2.05, 4.69) is 20.8 Å². The van der Waals surface area contributed by atoms with E-state index in [0.717, 1.165) is 10.5 Å². The summed E-state index contributed by atoms with van der Waals surface area (Å²) in [6.45, 7) is 1.96. The number of benzene rings is 1. The lowest BCUT2D eigenvalue weighted by molar-refractivity contribution is -0.131. The molecule has 1 aromatic carbocycles. The molecule has 0 aliphatic carbocycles. The Morgan fingerprint density at radius 3 is 2.69 bits per heavy atom. The highest BCUT2D eigenvalue weighted by molar-refractivity contribution is 6.05. The number of carbonyl (C=O) groups is 3. The van der Waals surface area contributed by atoms with Crippen molar-refractivity contribution in [2.45, 2.75) is 32.0 Å². The first-order valence-corrected chi connectivity index (χ1v) is 9.28. The molecule has 3 aromatic rings. The number of hydrogen-bond acceptors (Lipinski definition) is 5. The molecule has 0 saturated carbocycles. The smallest absolute Gasteiger partial charge is 0.325 e. The van der Waals surface area contributed by atoms with Crippen LogP contribution in [0.4, 0.5) is 4.79 Å². The number of hydrogen-bond donors (Lipinski definition) is 2. The fourth-order valence-corrected chi connectivity index (χ4v) is 3.34. The van der Waals surface area contributed by atoms with Crippen molar-refractivity contribution in [2.75, 3.05) is 0 Å². The molecule has 148 valence electrons. The maximum absolute atomic E-state index is 12.6. The highest BCUT2D eigenvalue weighted by Crippen LogP contribution is 2.16. The topological polar surface area (TPSA) is 109 Å². The Balaban J connectivity index is 1.38. The van der Waals surface area contributed by atoms with Crippen LogP contribution in [0, 0.1) is 0 Å². The van der Waals surface area contributed by atoms with Gasteiger partial charge in [-0.25, -0.2) is 4.79 Å². The van der Waals surface area contributed by atoms with Crippen LogP contribution in [0.3, 0.4) is 0 Å². The van der Waals surface area contributed by atoms with Gasteiger partial charge in [-0.3, -0.25) is 18.9 Å². The van der Waals surface area contributed by atoms with Crippen LogP contribution in [0.1, 0.15) is 30.8 Å². The number of imide groups is 1. The summed E-state index contributed by atoms with van der Waals surface area (Å²) in [4.78, 5) is 38.4. The molecule has 0 radical (unpaired) electrons. The van der Waals surface area contributed by atoms with E-state index in [1.54, 1.807) is 11.3 Å². The van der Waals surface area contributed by atoms with E-state index in [-0.39, 0.29) is 18.9 Å². The Morgan fingerprint density at radius 2 is 1.90 bits per heavy atom. The predicted molar refractivity (Wildman–Crippen MR) is 103 cm³/mol. The van der Waals surface area contributed by atoms with E-state index in [1.807, 2.05) is 54.7 Å². The van der Waals surface area contributed by atoms with E-state index < -0.39 is 24.0 Å². The summed E-state index contributed by atoms with van der Waals surface area (Å²) in [5, 5.41) is 13.6. The van der Waals surface area contributed by atoms with Gasteiger partial charge in [0, 0.05) is 6.20 Å². The first-order chi connectivity index (χ1) is 14.0. The standard InChI is InChI=1S/C20H20N6O3/c1-13(18-24-23-16-9-5-6-10-25(16)18)21-17(27)11-15-19(28)26(20(29)22-15)12-14-7-3-2-4-8-14/h2-10,13,15H,11-12H2,1H3,(H,21,27)(H,22,29)/t13-,15-/m0/s1. The van der Waals surface area contributed by atoms with Gasteiger partial charge in [-0.05, 0) is 24.6 Å². The molecule has 3 heterocycles. The second-order valence-electron chi connectivity index (χ2n) is 6.89. The normalized spacial score (nSPS) is 17.4. The Hall–Kier alpha value is -3.75. The predicted octanol–water partition coefficient (Wildman–Crippen LogP) is 1.42. The maximum Gasteiger partial charge on any atom is 0.325 e. The number of amides is 4. The molecule has 1 aliphatic heterocycles. The van der Waals surface area contributed by atoms with Gasteiger partial charge < -0.3 is 10.6 Å². The van der Waals surface area contributed by atoms with Crippen molar-refractivity contribution in [1.29, 1.82) is 0 Å². The number of nitrogens with zero attached hydrogens (tertiary/aromatic N) is 4. The molecule has 9 nitrogen and oxygen atoms in total. The van der Waals surface area contributed by atoms with Gasteiger partial charge in [-0.15, -0.1) is 10.2 Å². The number of aromatic nitrogens is 3. The molecule has 1 aliphatic rings. The Kier molecular flexibility index (Phi) is 4.94. The second-order valence-corrected chi connectivity index (χ2v) is 6.89. The summed E-state index contributed by atoms with van der Waals surface area (Å²) < 4.78 is 1.79. The summed E-state index contributed by atoms with van der Waals surface area (Å²) in [5.41, 5.74) is 1.52. The molecule has 4 rings (SSSR count). The van der Waals surface area contributed by atoms with Crippen LogP contribution in [0.15, 0.2) is 54.7 Å². The number of pyridine rings is 1. The van der Waals surface area contributed by atoms with Crippen LogP contribution < -0.4 is 10.6 Å². The summed E-state index contributed by atoms with van der Waals surface area (Å²) in [5.74, 6) is -0.179. The third kappa shape index (κ3) is 3.79. The summed E-state index contributed by atoms with van der Waals surface area (Å²) in [6.07, 6.45) is 1.67. The second kappa shape index (κ2) is 7.70. The summed E-state index contributed by atoms with van der Waals surface area (Å²) >= 11 is 0. The van der Waals surface area contributed by atoms with Crippen molar-refractivity contribution in [3.8, 4) is 0 Å². The van der Waals surface area contributed by atoms with Crippen molar-refractivity contribution in [1.82, 2.24) is 30.1 Å². The van der Waals surface area contributed by atoms with Crippen LogP contribution in [0.2, 0.25) is 0 Å². The van der Waals surface area contributed by atoms with Gasteiger partial charge in [-0.1, -0.05) is 36.4 Å². The van der Waals surface area contributed by atoms with E-state index in [9.17, 15) is 14.4 Å². The molecule has 9 heteroatoms. The van der Waals surface area contributed by atoms with Crippen molar-refractivity contribution < 1.29 is 14.4 Å². The van der Waals surface area contributed by atoms with Gasteiger partial charge in [0.25, 0.3) is 5.91 Å². The van der Waals surface area contributed by atoms with E-state index in [4.69, 9.17) is 0 Å². The van der Waals surface area contributed by atoms with Crippen LogP contribution in [0.5, 0.6) is 0 Å². The molecule has 2 atom stereocenters. The molecule has 2 N–H and O–H groups in total. The van der Waals surface area contributed by atoms with Crippen molar-refractivity contribution in [2.24, 2.45) is 0 Å². The monoisotopic (exact) mass is 392 g/mol. The van der Waals surface area contributed by atoms with Crippen LogP contribution in [0.25, 0.3) is 5.65 Å². The van der Waals surface area contributed by atoms with Crippen molar-refractivity contribution >= 4 is 23.5 Å². The number of carbonyl (C=O) groups excluding carboxylic acids is 3. The van der Waals surface area contributed by atoms with Gasteiger partial charge in [0.05, 0.1) is 19.0 Å². The molecule has 0 spiro atoms. The van der Waals surface area contributed by atoms with Gasteiger partial charge in [0.15, 0.2) is 11.5 Å². The molecule has 1 saturated heterocycles. The highest BCUT2D eigenvalue weighted by Gasteiger charge is 2.39. The fraction of sp³-hybridized carbons (Fsp3) is 0.250. The minimum absolute atomic E-state index is 0.142. The molecular formula is C20H20N6O3. The lowest BCUT2D eigenvalue weighted by Gasteiger charge is -2.15. The SMILES string of the molecule is C[C@H](NC(=O)C[C@@H]1NC(=O)N(Cc2ccccc2)C1=O)c1nnc2ccccn12. The lowest BCUT2D eigenvalue weighted by Crippen LogP contribution is -2.37. The highest BCUT2D eigenvalue weighted by atomic mass is 16.2. The first kappa shape index (κ1) is 18.6. The molecule has 4 amide bonds. The Bertz CT molecular complexity index is 1060. The minimum Gasteiger partial charge on any atom is -0.346 e. The first-order valence-electron chi connectivity index (χ1n) is 9.28. The van der Waals surface area contributed by atoms with Crippen LogP contribution >= 0.6 is 0 Å². The minimum atomic E-state index is -0.881. The van der Waals surface area contributed by atoms with Gasteiger partial charge in [0.2, 0.25) is 5.91 Å². The van der Waals surface area contributed by atoms with Crippen LogP contribution in [-0.2, 0) is 16.1 Å².